The third-order valence-corrected chi connectivity index (χ3v) is 4.69. The third kappa shape index (κ3) is 3.32. The number of hydrogen-bond acceptors (Lipinski definition) is 2. The van der Waals surface area contributed by atoms with Crippen molar-refractivity contribution in [2.24, 2.45) is 0 Å². The van der Waals surface area contributed by atoms with E-state index < -0.39 is 17.5 Å². The molecule has 2 rings (SSSR count). The molecule has 5 nitrogen and oxygen atoms in total. The Hall–Kier alpha value is -1.27. The molecule has 0 spiro atoms. The number of aliphatic carboxylic acids is 1. The standard InChI is InChI=1S/C14H16BrClN2O3/c1-14(12(19)20)6-2-3-7-18(14)13(21)17-11-8-9(16)4-5-10(11)15/h4-5,8H,2-3,6-7H2,1H3,(H,17,21)(H,19,20). The fraction of sp³-hybridized carbons (Fsp3) is 0.429. The van der Waals surface area contributed by atoms with Crippen LogP contribution in [0.3, 0.4) is 0 Å². The van der Waals surface area contributed by atoms with E-state index in [1.807, 2.05) is 0 Å². The third-order valence-electron chi connectivity index (χ3n) is 3.77. The molecule has 1 aliphatic rings. The maximum Gasteiger partial charge on any atom is 0.329 e. The summed E-state index contributed by atoms with van der Waals surface area (Å²) in [6, 6.07) is 4.61. The predicted molar refractivity (Wildman–Crippen MR) is 84.8 cm³/mol. The van der Waals surface area contributed by atoms with Crippen LogP contribution in [-0.4, -0.2) is 34.1 Å². The molecule has 2 N–H and O–H groups in total. The van der Waals surface area contributed by atoms with Crippen molar-refractivity contribution in [1.29, 1.82) is 0 Å². The van der Waals surface area contributed by atoms with Crippen LogP contribution in [0.15, 0.2) is 22.7 Å². The summed E-state index contributed by atoms with van der Waals surface area (Å²) in [5.74, 6) is -0.984. The Labute approximate surface area is 136 Å². The SMILES string of the molecule is CC1(C(=O)O)CCCCN1C(=O)Nc1cc(Cl)ccc1Br. The summed E-state index contributed by atoms with van der Waals surface area (Å²) in [4.78, 5) is 25.3. The first-order valence-corrected chi connectivity index (χ1v) is 7.79. The van der Waals surface area contributed by atoms with E-state index in [-0.39, 0.29) is 0 Å². The number of nitrogens with zero attached hydrogens (tertiary/aromatic N) is 1. The number of urea groups is 1. The number of carbonyl (C=O) groups excluding carboxylic acids is 1. The van der Waals surface area contributed by atoms with E-state index in [1.165, 1.54) is 4.90 Å². The van der Waals surface area contributed by atoms with E-state index in [9.17, 15) is 14.7 Å². The molecule has 0 bridgehead atoms. The Balaban J connectivity index is 2.22. The highest BCUT2D eigenvalue weighted by molar-refractivity contribution is 9.10. The molecular formula is C14H16BrClN2O3. The number of carbonyl (C=O) groups is 2. The molecule has 0 saturated carbocycles. The van der Waals surface area contributed by atoms with Gasteiger partial charge in [0, 0.05) is 16.0 Å². The minimum Gasteiger partial charge on any atom is -0.480 e. The monoisotopic (exact) mass is 374 g/mol. The molecule has 0 radical (unpaired) electrons. The lowest BCUT2D eigenvalue weighted by atomic mass is 9.89. The zero-order chi connectivity index (χ0) is 15.6. The molecule has 2 amide bonds. The van der Waals surface area contributed by atoms with Gasteiger partial charge in [-0.15, -0.1) is 0 Å². The summed E-state index contributed by atoms with van der Waals surface area (Å²) in [7, 11) is 0. The molecule has 0 aliphatic carbocycles. The topological polar surface area (TPSA) is 69.6 Å². The van der Waals surface area contributed by atoms with E-state index in [4.69, 9.17) is 11.6 Å². The van der Waals surface area contributed by atoms with Crippen LogP contribution in [0.2, 0.25) is 5.02 Å². The summed E-state index contributed by atoms with van der Waals surface area (Å²) in [6.07, 6.45) is 2.05. The van der Waals surface area contributed by atoms with Crippen molar-refractivity contribution in [3.05, 3.63) is 27.7 Å². The van der Waals surface area contributed by atoms with Crippen LogP contribution in [-0.2, 0) is 4.79 Å². The van der Waals surface area contributed by atoms with Gasteiger partial charge in [0.25, 0.3) is 0 Å². The number of amides is 2. The second kappa shape index (κ2) is 6.23. The number of anilines is 1. The normalized spacial score (nSPS) is 22.0. The van der Waals surface area contributed by atoms with Crippen LogP contribution in [0, 0.1) is 0 Å². The maximum absolute atomic E-state index is 12.4. The average Bonchev–Trinajstić information content (AvgIpc) is 2.43. The van der Waals surface area contributed by atoms with Gasteiger partial charge >= 0.3 is 12.0 Å². The number of carboxylic acid groups (broad SMARTS) is 1. The van der Waals surface area contributed by atoms with Gasteiger partial charge in [-0.3, -0.25) is 0 Å². The number of rotatable bonds is 2. The van der Waals surface area contributed by atoms with Crippen molar-refractivity contribution < 1.29 is 14.7 Å². The fourth-order valence-electron chi connectivity index (χ4n) is 2.44. The molecule has 1 unspecified atom stereocenters. The van der Waals surface area contributed by atoms with E-state index >= 15 is 0 Å². The molecule has 1 heterocycles. The second-order valence-corrected chi connectivity index (χ2v) is 6.53. The molecule has 1 aliphatic heterocycles. The number of piperidine rings is 1. The van der Waals surface area contributed by atoms with E-state index in [0.717, 1.165) is 12.8 Å². The van der Waals surface area contributed by atoms with Crippen molar-refractivity contribution in [2.45, 2.75) is 31.7 Å². The fourth-order valence-corrected chi connectivity index (χ4v) is 2.96. The molecule has 1 aromatic carbocycles. The van der Waals surface area contributed by atoms with Crippen molar-refractivity contribution in [2.75, 3.05) is 11.9 Å². The number of benzene rings is 1. The lowest BCUT2D eigenvalue weighted by molar-refractivity contribution is -0.150. The molecule has 1 aromatic rings. The highest BCUT2D eigenvalue weighted by atomic mass is 79.9. The van der Waals surface area contributed by atoms with Gasteiger partial charge < -0.3 is 15.3 Å². The number of hydrogen-bond donors (Lipinski definition) is 2. The first-order chi connectivity index (χ1) is 9.84. The van der Waals surface area contributed by atoms with Gasteiger partial charge in [-0.2, -0.15) is 0 Å². The Morgan fingerprint density at radius 3 is 2.81 bits per heavy atom. The summed E-state index contributed by atoms with van der Waals surface area (Å²) < 4.78 is 0.689. The first-order valence-electron chi connectivity index (χ1n) is 6.61. The molecule has 114 valence electrons. The minimum atomic E-state index is -1.17. The number of halogens is 2. The highest BCUT2D eigenvalue weighted by Gasteiger charge is 2.44. The van der Waals surface area contributed by atoms with Gasteiger partial charge in [0.2, 0.25) is 0 Å². The van der Waals surface area contributed by atoms with E-state index in [2.05, 4.69) is 21.2 Å². The zero-order valence-electron chi connectivity index (χ0n) is 11.5. The molecule has 1 fully saturated rings. The summed E-state index contributed by atoms with van der Waals surface area (Å²) in [5.41, 5.74) is -0.654. The predicted octanol–water partition coefficient (Wildman–Crippen LogP) is 3.96. The summed E-state index contributed by atoms with van der Waals surface area (Å²) >= 11 is 9.24. The van der Waals surface area contributed by atoms with Crippen molar-refractivity contribution in [3.8, 4) is 0 Å². The van der Waals surface area contributed by atoms with Crippen LogP contribution in [0.4, 0.5) is 10.5 Å². The molecule has 21 heavy (non-hydrogen) atoms. The summed E-state index contributed by atoms with van der Waals surface area (Å²) in [5, 5.41) is 12.6. The van der Waals surface area contributed by atoms with Gasteiger partial charge in [-0.25, -0.2) is 9.59 Å². The van der Waals surface area contributed by atoms with Crippen LogP contribution in [0.5, 0.6) is 0 Å². The number of nitrogens with one attached hydrogen (secondary N) is 1. The number of likely N-dealkylation sites (tertiary alicyclic amines) is 1. The molecule has 0 aromatic heterocycles. The van der Waals surface area contributed by atoms with Crippen LogP contribution in [0.25, 0.3) is 0 Å². The smallest absolute Gasteiger partial charge is 0.329 e. The Morgan fingerprint density at radius 2 is 2.14 bits per heavy atom. The van der Waals surface area contributed by atoms with E-state index in [1.54, 1.807) is 25.1 Å². The van der Waals surface area contributed by atoms with Crippen molar-refractivity contribution >= 4 is 45.2 Å². The minimum absolute atomic E-state index is 0.423. The van der Waals surface area contributed by atoms with E-state index in [0.29, 0.717) is 28.1 Å². The second-order valence-electron chi connectivity index (χ2n) is 5.24. The average molecular weight is 376 g/mol. The van der Waals surface area contributed by atoms with Crippen molar-refractivity contribution in [1.82, 2.24) is 4.90 Å². The largest absolute Gasteiger partial charge is 0.480 e. The molecule has 1 saturated heterocycles. The molecule has 7 heteroatoms. The van der Waals surface area contributed by atoms with Gasteiger partial charge in [0.15, 0.2) is 0 Å². The lowest BCUT2D eigenvalue weighted by Crippen LogP contribution is -2.58. The quantitative estimate of drug-likeness (QED) is 0.822. The Kier molecular flexibility index (Phi) is 4.78. The number of carboxylic acids is 1. The van der Waals surface area contributed by atoms with Crippen LogP contribution < -0.4 is 5.32 Å². The van der Waals surface area contributed by atoms with Gasteiger partial charge in [-0.05, 0) is 60.3 Å². The zero-order valence-corrected chi connectivity index (χ0v) is 13.9. The molecule has 1 atom stereocenters. The summed E-state index contributed by atoms with van der Waals surface area (Å²) in [6.45, 7) is 2.01. The first kappa shape index (κ1) is 16.1. The Bertz CT molecular complexity index is 581. The highest BCUT2D eigenvalue weighted by Crippen LogP contribution is 2.31. The molecular weight excluding hydrogens is 360 g/mol. The van der Waals surface area contributed by atoms with Crippen molar-refractivity contribution in [3.63, 3.8) is 0 Å². The van der Waals surface area contributed by atoms with Gasteiger partial charge in [0.05, 0.1) is 5.69 Å². The van der Waals surface area contributed by atoms with Gasteiger partial charge in [0.1, 0.15) is 5.54 Å². The Morgan fingerprint density at radius 1 is 1.43 bits per heavy atom. The van der Waals surface area contributed by atoms with Crippen LogP contribution >= 0.6 is 27.5 Å². The lowest BCUT2D eigenvalue weighted by Gasteiger charge is -2.41. The maximum atomic E-state index is 12.4. The van der Waals surface area contributed by atoms with Crippen LogP contribution in [0.1, 0.15) is 26.2 Å². The van der Waals surface area contributed by atoms with Gasteiger partial charge in [-0.1, -0.05) is 11.6 Å².